The van der Waals surface area contributed by atoms with Crippen LogP contribution in [0.2, 0.25) is 0 Å². The van der Waals surface area contributed by atoms with Gasteiger partial charge in [0.05, 0.1) is 11.6 Å². The second kappa shape index (κ2) is 6.23. The molecule has 0 fully saturated rings. The average molecular weight is 367 g/mol. The van der Waals surface area contributed by atoms with Crippen molar-refractivity contribution < 1.29 is 14.3 Å². The number of aromatic nitrogens is 3. The van der Waals surface area contributed by atoms with Gasteiger partial charge in [0.25, 0.3) is 5.56 Å². The molecule has 4 aromatic rings. The maximum Gasteiger partial charge on any atom is 0.326 e. The summed E-state index contributed by atoms with van der Waals surface area (Å²) in [5.41, 5.74) is 0.824. The van der Waals surface area contributed by atoms with Gasteiger partial charge in [0, 0.05) is 28.9 Å². The molecule has 0 aliphatic rings. The van der Waals surface area contributed by atoms with E-state index in [1.807, 2.05) is 0 Å². The van der Waals surface area contributed by atoms with Gasteiger partial charge in [-0.05, 0) is 31.2 Å². The van der Waals surface area contributed by atoms with Crippen molar-refractivity contribution in [2.45, 2.75) is 13.0 Å². The van der Waals surface area contributed by atoms with Crippen molar-refractivity contribution in [2.24, 2.45) is 0 Å². The number of carboxylic acids is 1. The normalized spacial score (nSPS) is 12.3. The molecule has 0 amide bonds. The van der Waals surface area contributed by atoms with Gasteiger partial charge in [0.1, 0.15) is 22.5 Å². The summed E-state index contributed by atoms with van der Waals surface area (Å²) in [7, 11) is 0. The SMILES string of the molecule is CC(C(=O)O)n1c(-c2ccncc2)nc2scc(-c3ccco3)c2c1=O. The van der Waals surface area contributed by atoms with E-state index in [0.717, 1.165) is 0 Å². The van der Waals surface area contributed by atoms with Crippen molar-refractivity contribution in [3.05, 3.63) is 58.7 Å². The Morgan fingerprint density at radius 3 is 2.73 bits per heavy atom. The highest BCUT2D eigenvalue weighted by Gasteiger charge is 2.24. The van der Waals surface area contributed by atoms with Gasteiger partial charge in [-0.2, -0.15) is 0 Å². The van der Waals surface area contributed by atoms with E-state index in [1.165, 1.54) is 29.1 Å². The Kier molecular flexibility index (Phi) is 3.89. The summed E-state index contributed by atoms with van der Waals surface area (Å²) in [6, 6.07) is 5.80. The Bertz CT molecular complexity index is 1150. The monoisotopic (exact) mass is 367 g/mol. The van der Waals surface area contributed by atoms with Gasteiger partial charge in [-0.1, -0.05) is 0 Å². The molecule has 0 spiro atoms. The molecule has 0 aliphatic heterocycles. The zero-order chi connectivity index (χ0) is 18.3. The third kappa shape index (κ3) is 2.51. The molecule has 1 N–H and O–H groups in total. The van der Waals surface area contributed by atoms with Crippen LogP contribution in [-0.2, 0) is 4.79 Å². The molecule has 1 unspecified atom stereocenters. The fraction of sp³-hybridized carbons (Fsp3) is 0.111. The number of pyridine rings is 1. The van der Waals surface area contributed by atoms with E-state index in [0.29, 0.717) is 32.9 Å². The molecule has 26 heavy (non-hydrogen) atoms. The van der Waals surface area contributed by atoms with Crippen LogP contribution in [0.15, 0.2) is 57.5 Å². The summed E-state index contributed by atoms with van der Waals surface area (Å²) in [6.07, 6.45) is 4.67. The minimum absolute atomic E-state index is 0.299. The van der Waals surface area contributed by atoms with E-state index in [2.05, 4.69) is 9.97 Å². The second-order valence-corrected chi connectivity index (χ2v) is 6.53. The zero-order valence-electron chi connectivity index (χ0n) is 13.6. The number of aliphatic carboxylic acids is 1. The second-order valence-electron chi connectivity index (χ2n) is 5.67. The first-order valence-corrected chi connectivity index (χ1v) is 8.66. The number of thiophene rings is 1. The maximum absolute atomic E-state index is 13.3. The molecule has 4 heterocycles. The van der Waals surface area contributed by atoms with E-state index in [4.69, 9.17) is 4.42 Å². The number of hydrogen-bond acceptors (Lipinski definition) is 6. The number of hydrogen-bond donors (Lipinski definition) is 1. The molecule has 0 saturated heterocycles. The molecule has 1 atom stereocenters. The first kappa shape index (κ1) is 16.2. The summed E-state index contributed by atoms with van der Waals surface area (Å²) in [5.74, 6) is -0.271. The number of fused-ring (bicyclic) bond motifs is 1. The predicted octanol–water partition coefficient (Wildman–Crippen LogP) is 3.43. The summed E-state index contributed by atoms with van der Waals surface area (Å²) in [5, 5.41) is 11.6. The number of rotatable bonds is 4. The van der Waals surface area contributed by atoms with Crippen LogP contribution >= 0.6 is 11.3 Å². The lowest BCUT2D eigenvalue weighted by Crippen LogP contribution is -2.30. The fourth-order valence-electron chi connectivity index (χ4n) is 2.79. The lowest BCUT2D eigenvalue weighted by molar-refractivity contribution is -0.140. The van der Waals surface area contributed by atoms with Gasteiger partial charge in [-0.25, -0.2) is 9.78 Å². The van der Waals surface area contributed by atoms with Crippen LogP contribution in [-0.4, -0.2) is 25.6 Å². The minimum atomic E-state index is -1.11. The van der Waals surface area contributed by atoms with Crippen molar-refractivity contribution in [3.63, 3.8) is 0 Å². The molecule has 130 valence electrons. The van der Waals surface area contributed by atoms with Crippen molar-refractivity contribution in [2.75, 3.05) is 0 Å². The molecule has 0 aromatic carbocycles. The van der Waals surface area contributed by atoms with Crippen molar-refractivity contribution in [1.29, 1.82) is 0 Å². The fourth-order valence-corrected chi connectivity index (χ4v) is 3.71. The largest absolute Gasteiger partial charge is 0.480 e. The smallest absolute Gasteiger partial charge is 0.326 e. The third-order valence-electron chi connectivity index (χ3n) is 4.11. The zero-order valence-corrected chi connectivity index (χ0v) is 14.4. The Morgan fingerprint density at radius 1 is 1.31 bits per heavy atom. The van der Waals surface area contributed by atoms with Gasteiger partial charge >= 0.3 is 5.97 Å². The quantitative estimate of drug-likeness (QED) is 0.593. The van der Waals surface area contributed by atoms with Gasteiger partial charge in [0.2, 0.25) is 0 Å². The van der Waals surface area contributed by atoms with E-state index in [9.17, 15) is 14.7 Å². The Labute approximate surface area is 151 Å². The van der Waals surface area contributed by atoms with E-state index in [1.54, 1.807) is 42.0 Å². The van der Waals surface area contributed by atoms with Crippen molar-refractivity contribution in [1.82, 2.24) is 14.5 Å². The minimum Gasteiger partial charge on any atom is -0.480 e. The molecule has 0 bridgehead atoms. The maximum atomic E-state index is 13.3. The van der Waals surface area contributed by atoms with Gasteiger partial charge in [-0.3, -0.25) is 14.3 Å². The van der Waals surface area contributed by atoms with E-state index >= 15 is 0 Å². The number of carboxylic acid groups (broad SMARTS) is 1. The van der Waals surface area contributed by atoms with Crippen LogP contribution < -0.4 is 5.56 Å². The molecule has 4 aromatic heterocycles. The van der Waals surface area contributed by atoms with Crippen LogP contribution in [0.5, 0.6) is 0 Å². The first-order chi connectivity index (χ1) is 12.6. The molecule has 0 aliphatic carbocycles. The van der Waals surface area contributed by atoms with Crippen LogP contribution in [0, 0.1) is 0 Å². The highest BCUT2D eigenvalue weighted by atomic mass is 32.1. The number of nitrogens with zero attached hydrogens (tertiary/aromatic N) is 3. The molecule has 7 nitrogen and oxygen atoms in total. The number of carbonyl (C=O) groups is 1. The van der Waals surface area contributed by atoms with Crippen LogP contribution in [0.25, 0.3) is 32.9 Å². The predicted molar refractivity (Wildman–Crippen MR) is 97.2 cm³/mol. The van der Waals surface area contributed by atoms with E-state index < -0.39 is 17.6 Å². The van der Waals surface area contributed by atoms with Gasteiger partial charge in [-0.15, -0.1) is 11.3 Å². The topological polar surface area (TPSA) is 98.2 Å². The van der Waals surface area contributed by atoms with Crippen LogP contribution in [0.3, 0.4) is 0 Å². The molecule has 4 rings (SSSR count). The summed E-state index contributed by atoms with van der Waals surface area (Å²) < 4.78 is 6.62. The van der Waals surface area contributed by atoms with E-state index in [-0.39, 0.29) is 0 Å². The molecule has 8 heteroatoms. The first-order valence-electron chi connectivity index (χ1n) is 7.78. The van der Waals surface area contributed by atoms with Crippen LogP contribution in [0.4, 0.5) is 0 Å². The highest BCUT2D eigenvalue weighted by Crippen LogP contribution is 2.33. The van der Waals surface area contributed by atoms with Gasteiger partial charge < -0.3 is 9.52 Å². The summed E-state index contributed by atoms with van der Waals surface area (Å²) in [4.78, 5) is 33.9. The van der Waals surface area contributed by atoms with Gasteiger partial charge in [0.15, 0.2) is 0 Å². The van der Waals surface area contributed by atoms with Crippen molar-refractivity contribution in [3.8, 4) is 22.7 Å². The lowest BCUT2D eigenvalue weighted by atomic mass is 10.1. The summed E-state index contributed by atoms with van der Waals surface area (Å²) in [6.45, 7) is 1.46. The highest BCUT2D eigenvalue weighted by molar-refractivity contribution is 7.17. The van der Waals surface area contributed by atoms with Crippen LogP contribution in [0.1, 0.15) is 13.0 Å². The Hall–Kier alpha value is -3.26. The third-order valence-corrected chi connectivity index (χ3v) is 4.98. The molecule has 0 radical (unpaired) electrons. The lowest BCUT2D eigenvalue weighted by Gasteiger charge is -2.16. The molecular weight excluding hydrogens is 354 g/mol. The number of furan rings is 1. The summed E-state index contributed by atoms with van der Waals surface area (Å²) >= 11 is 1.32. The van der Waals surface area contributed by atoms with Crippen molar-refractivity contribution >= 4 is 27.5 Å². The molecular formula is C18H13N3O4S. The standard InChI is InChI=1S/C18H13N3O4S/c1-10(18(23)24)21-15(11-4-6-19-7-5-11)20-16-14(17(21)22)12(9-26-16)13-3-2-8-25-13/h2-10H,1H3,(H,23,24). The molecule has 0 saturated carbocycles. The average Bonchev–Trinajstić information content (AvgIpc) is 3.31. The Morgan fingerprint density at radius 2 is 2.08 bits per heavy atom. The Balaban J connectivity index is 2.08.